The van der Waals surface area contributed by atoms with E-state index in [1.807, 2.05) is 32.9 Å². The maximum absolute atomic E-state index is 11.8. The molecule has 4 heteroatoms. The highest BCUT2D eigenvalue weighted by Gasteiger charge is 2.21. The second-order valence-electron chi connectivity index (χ2n) is 2.53. The van der Waals surface area contributed by atoms with Crippen molar-refractivity contribution in [1.82, 2.24) is 0 Å². The summed E-state index contributed by atoms with van der Waals surface area (Å²) in [6.07, 6.45) is 5.11. The van der Waals surface area contributed by atoms with Crippen molar-refractivity contribution in [3.63, 3.8) is 0 Å². The van der Waals surface area contributed by atoms with Crippen LogP contribution in [-0.2, 0) is 13.6 Å². The summed E-state index contributed by atoms with van der Waals surface area (Å²) in [5.74, 6) is 0. The number of rotatable bonds is 7. The normalized spacial score (nSPS) is 12.5. The highest BCUT2D eigenvalue weighted by atomic mass is 31.2. The molecule has 0 aromatic rings. The molecule has 0 heterocycles. The van der Waals surface area contributed by atoms with Gasteiger partial charge in [0, 0.05) is 0 Å². The summed E-state index contributed by atoms with van der Waals surface area (Å²) in [6, 6.07) is 0. The summed E-state index contributed by atoms with van der Waals surface area (Å²) in [6.45, 7) is 6.45. The molecule has 0 unspecified atom stereocenters. The van der Waals surface area contributed by atoms with E-state index in [1.165, 1.54) is 0 Å². The van der Waals surface area contributed by atoms with E-state index in [-0.39, 0.29) is 0 Å². The molecule has 0 aromatic heterocycles. The van der Waals surface area contributed by atoms with Crippen LogP contribution in [0.25, 0.3) is 0 Å². The molecule has 78 valence electrons. The first-order chi connectivity index (χ1) is 6.18. The minimum absolute atomic E-state index is 0.438. The highest BCUT2D eigenvalue weighted by molar-refractivity contribution is 7.53. The number of allylic oxidation sites excluding steroid dienone is 2. The Morgan fingerprint density at radius 1 is 1.23 bits per heavy atom. The average molecular weight is 206 g/mol. The molecule has 0 spiro atoms. The molecular weight excluding hydrogens is 187 g/mol. The smallest absolute Gasteiger partial charge is 0.309 e. The molecule has 3 nitrogen and oxygen atoms in total. The lowest BCUT2D eigenvalue weighted by Crippen LogP contribution is -1.99. The molecule has 0 N–H and O–H groups in total. The van der Waals surface area contributed by atoms with Gasteiger partial charge >= 0.3 is 7.60 Å². The van der Waals surface area contributed by atoms with Gasteiger partial charge in [-0.2, -0.15) is 0 Å². The first-order valence-corrected chi connectivity index (χ1v) is 6.40. The van der Waals surface area contributed by atoms with E-state index < -0.39 is 7.60 Å². The van der Waals surface area contributed by atoms with Gasteiger partial charge in [0.1, 0.15) is 0 Å². The van der Waals surface area contributed by atoms with Crippen LogP contribution in [0.5, 0.6) is 0 Å². The van der Waals surface area contributed by atoms with Gasteiger partial charge in [-0.15, -0.1) is 0 Å². The topological polar surface area (TPSA) is 35.5 Å². The lowest BCUT2D eigenvalue weighted by Gasteiger charge is -2.15. The summed E-state index contributed by atoms with van der Waals surface area (Å²) < 4.78 is 22.0. The van der Waals surface area contributed by atoms with Crippen molar-refractivity contribution in [2.75, 3.05) is 19.4 Å². The van der Waals surface area contributed by atoms with Crippen molar-refractivity contribution in [3.8, 4) is 0 Å². The summed E-state index contributed by atoms with van der Waals surface area (Å²) in [7, 11) is -2.80. The van der Waals surface area contributed by atoms with E-state index in [9.17, 15) is 4.57 Å². The van der Waals surface area contributed by atoms with E-state index in [2.05, 4.69) is 0 Å². The number of hydrogen-bond donors (Lipinski definition) is 0. The molecule has 0 bridgehead atoms. The second kappa shape index (κ2) is 7.31. The summed E-state index contributed by atoms with van der Waals surface area (Å²) in [4.78, 5) is 0. The molecule has 0 aromatic carbocycles. The lowest BCUT2D eigenvalue weighted by atomic mass is 10.4. The van der Waals surface area contributed by atoms with Crippen LogP contribution in [-0.4, -0.2) is 19.4 Å². The van der Waals surface area contributed by atoms with Crippen LogP contribution in [0.2, 0.25) is 0 Å². The highest BCUT2D eigenvalue weighted by Crippen LogP contribution is 2.48. The van der Waals surface area contributed by atoms with Gasteiger partial charge in [0.05, 0.1) is 19.4 Å². The van der Waals surface area contributed by atoms with E-state index in [0.717, 1.165) is 6.42 Å². The lowest BCUT2D eigenvalue weighted by molar-refractivity contribution is 0.220. The Kier molecular flexibility index (Phi) is 7.25. The van der Waals surface area contributed by atoms with Crippen LogP contribution < -0.4 is 0 Å². The second-order valence-corrected chi connectivity index (χ2v) is 4.71. The standard InChI is InChI=1S/C9H19O3P/c1-4-7-8-9-13(10,11-5-2)12-6-3/h4,7H,5-6,8-9H2,1-3H3. The largest absolute Gasteiger partial charge is 0.330 e. The molecule has 0 aliphatic carbocycles. The third kappa shape index (κ3) is 6.03. The van der Waals surface area contributed by atoms with Crippen molar-refractivity contribution >= 4 is 7.60 Å². The Balaban J connectivity index is 3.99. The van der Waals surface area contributed by atoms with Crippen molar-refractivity contribution in [3.05, 3.63) is 12.2 Å². The minimum atomic E-state index is -2.80. The maximum atomic E-state index is 11.8. The molecule has 0 fully saturated rings. The van der Waals surface area contributed by atoms with Crippen LogP contribution in [0.1, 0.15) is 27.2 Å². The molecule has 0 saturated heterocycles. The van der Waals surface area contributed by atoms with E-state index >= 15 is 0 Å². The van der Waals surface area contributed by atoms with Gasteiger partial charge in [-0.25, -0.2) is 0 Å². The number of hydrogen-bond acceptors (Lipinski definition) is 3. The zero-order valence-electron chi connectivity index (χ0n) is 8.66. The van der Waals surface area contributed by atoms with Crippen molar-refractivity contribution in [1.29, 1.82) is 0 Å². The van der Waals surface area contributed by atoms with Crippen molar-refractivity contribution in [2.24, 2.45) is 0 Å². The molecule has 0 saturated carbocycles. The quantitative estimate of drug-likeness (QED) is 0.474. The fourth-order valence-electron chi connectivity index (χ4n) is 0.959. The molecule has 0 aliphatic heterocycles. The molecule has 0 rings (SSSR count). The maximum Gasteiger partial charge on any atom is 0.330 e. The van der Waals surface area contributed by atoms with Gasteiger partial charge in [0.25, 0.3) is 0 Å². The van der Waals surface area contributed by atoms with Crippen molar-refractivity contribution in [2.45, 2.75) is 27.2 Å². The molecule has 0 atom stereocenters. The molecular formula is C9H19O3P. The fraction of sp³-hybridized carbons (Fsp3) is 0.778. The van der Waals surface area contributed by atoms with Gasteiger partial charge in [-0.1, -0.05) is 12.2 Å². The summed E-state index contributed by atoms with van der Waals surface area (Å²) in [5.41, 5.74) is 0. The van der Waals surface area contributed by atoms with Crippen LogP contribution in [0.4, 0.5) is 0 Å². The van der Waals surface area contributed by atoms with Gasteiger partial charge < -0.3 is 9.05 Å². The third-order valence-electron chi connectivity index (χ3n) is 1.46. The Morgan fingerprint density at radius 2 is 1.77 bits per heavy atom. The summed E-state index contributed by atoms with van der Waals surface area (Å²) >= 11 is 0. The van der Waals surface area contributed by atoms with E-state index in [0.29, 0.717) is 19.4 Å². The SMILES string of the molecule is CC=CCCP(=O)(OCC)OCC. The minimum Gasteiger partial charge on any atom is -0.309 e. The average Bonchev–Trinajstić information content (AvgIpc) is 2.05. The predicted octanol–water partition coefficient (Wildman–Crippen LogP) is 3.22. The van der Waals surface area contributed by atoms with Crippen LogP contribution in [0.3, 0.4) is 0 Å². The van der Waals surface area contributed by atoms with E-state index in [1.54, 1.807) is 0 Å². The first kappa shape index (κ1) is 12.9. The zero-order chi connectivity index (χ0) is 10.2. The third-order valence-corrected chi connectivity index (χ3v) is 3.57. The Morgan fingerprint density at radius 3 is 2.15 bits per heavy atom. The Hall–Kier alpha value is -0.110. The molecule has 13 heavy (non-hydrogen) atoms. The van der Waals surface area contributed by atoms with Crippen LogP contribution in [0, 0.1) is 0 Å². The molecule has 0 amide bonds. The van der Waals surface area contributed by atoms with Crippen LogP contribution >= 0.6 is 7.60 Å². The van der Waals surface area contributed by atoms with E-state index in [4.69, 9.17) is 9.05 Å². The van der Waals surface area contributed by atoms with Gasteiger partial charge in [0.15, 0.2) is 0 Å². The monoisotopic (exact) mass is 206 g/mol. The predicted molar refractivity (Wildman–Crippen MR) is 55.2 cm³/mol. The molecule has 0 radical (unpaired) electrons. The van der Waals surface area contributed by atoms with Crippen LogP contribution in [0.15, 0.2) is 12.2 Å². The Labute approximate surface area is 80.7 Å². The van der Waals surface area contributed by atoms with Crippen molar-refractivity contribution < 1.29 is 13.6 Å². The Bertz CT molecular complexity index is 179. The van der Waals surface area contributed by atoms with Gasteiger partial charge in [-0.05, 0) is 27.2 Å². The molecule has 0 aliphatic rings. The zero-order valence-corrected chi connectivity index (χ0v) is 9.55. The fourth-order valence-corrected chi connectivity index (χ4v) is 2.54. The van der Waals surface area contributed by atoms with Gasteiger partial charge in [-0.3, -0.25) is 4.57 Å². The first-order valence-electron chi connectivity index (χ1n) is 4.67. The van der Waals surface area contributed by atoms with Gasteiger partial charge in [0.2, 0.25) is 0 Å². The summed E-state index contributed by atoms with van der Waals surface area (Å²) in [5, 5.41) is 0.